The first kappa shape index (κ1) is 19.9. The van der Waals surface area contributed by atoms with Crippen molar-refractivity contribution in [2.75, 3.05) is 13.1 Å². The van der Waals surface area contributed by atoms with Crippen LogP contribution in [0.1, 0.15) is 31.7 Å². The first-order chi connectivity index (χ1) is 11.5. The van der Waals surface area contributed by atoms with Gasteiger partial charge in [0.1, 0.15) is 11.8 Å². The van der Waals surface area contributed by atoms with E-state index in [1.165, 1.54) is 0 Å². The molecule has 2 atom stereocenters. The molecule has 7 heteroatoms. The number of phenols is 1. The van der Waals surface area contributed by atoms with Crippen molar-refractivity contribution in [3.05, 3.63) is 29.8 Å². The topological polar surface area (TPSA) is 130 Å². The number of amides is 2. The van der Waals surface area contributed by atoms with E-state index in [1.54, 1.807) is 24.3 Å². The molecule has 0 saturated heterocycles. The molecule has 1 aromatic rings. The highest BCUT2D eigenvalue weighted by molar-refractivity contribution is 5.88. The van der Waals surface area contributed by atoms with Crippen molar-refractivity contribution < 1.29 is 14.7 Å². The summed E-state index contributed by atoms with van der Waals surface area (Å²) in [5.74, 6) is -0.478. The number of rotatable bonds is 10. The highest BCUT2D eigenvalue weighted by Gasteiger charge is 2.22. The SMILES string of the molecule is CC(CCCCN)NC(=O)[C@H](Cc1ccc(O)cc1)NC(=O)CN. The van der Waals surface area contributed by atoms with Gasteiger partial charge in [-0.1, -0.05) is 18.6 Å². The van der Waals surface area contributed by atoms with Gasteiger partial charge >= 0.3 is 0 Å². The maximum absolute atomic E-state index is 12.5. The summed E-state index contributed by atoms with van der Waals surface area (Å²) >= 11 is 0. The Morgan fingerprint density at radius 2 is 1.79 bits per heavy atom. The number of carbonyl (C=O) groups is 2. The number of aromatic hydroxyl groups is 1. The smallest absolute Gasteiger partial charge is 0.243 e. The molecule has 1 aromatic carbocycles. The molecule has 2 amide bonds. The van der Waals surface area contributed by atoms with Gasteiger partial charge < -0.3 is 27.2 Å². The Morgan fingerprint density at radius 3 is 2.38 bits per heavy atom. The maximum Gasteiger partial charge on any atom is 0.243 e. The molecule has 0 aliphatic rings. The van der Waals surface area contributed by atoms with Gasteiger partial charge in [-0.05, 0) is 44.0 Å². The quantitative estimate of drug-likeness (QED) is 0.384. The molecule has 7 N–H and O–H groups in total. The summed E-state index contributed by atoms with van der Waals surface area (Å²) in [5.41, 5.74) is 11.6. The minimum absolute atomic E-state index is 0.00106. The van der Waals surface area contributed by atoms with E-state index in [0.717, 1.165) is 24.8 Å². The van der Waals surface area contributed by atoms with Gasteiger partial charge in [-0.2, -0.15) is 0 Å². The minimum atomic E-state index is -0.706. The number of unbranched alkanes of at least 4 members (excludes halogenated alkanes) is 1. The third-order valence-electron chi connectivity index (χ3n) is 3.69. The van der Waals surface area contributed by atoms with Crippen LogP contribution in [0.5, 0.6) is 5.75 Å². The third kappa shape index (κ3) is 7.43. The van der Waals surface area contributed by atoms with Crippen molar-refractivity contribution in [3.8, 4) is 5.75 Å². The van der Waals surface area contributed by atoms with Crippen LogP contribution in [0.2, 0.25) is 0 Å². The molecule has 7 nitrogen and oxygen atoms in total. The highest BCUT2D eigenvalue weighted by Crippen LogP contribution is 2.12. The second-order valence-electron chi connectivity index (χ2n) is 5.89. The summed E-state index contributed by atoms with van der Waals surface area (Å²) < 4.78 is 0. The second kappa shape index (κ2) is 10.6. The lowest BCUT2D eigenvalue weighted by Gasteiger charge is -2.21. The van der Waals surface area contributed by atoms with E-state index in [4.69, 9.17) is 11.5 Å². The van der Waals surface area contributed by atoms with Crippen molar-refractivity contribution in [1.29, 1.82) is 0 Å². The van der Waals surface area contributed by atoms with Gasteiger partial charge in [0.2, 0.25) is 11.8 Å². The Balaban J connectivity index is 2.67. The average molecular weight is 336 g/mol. The molecule has 0 radical (unpaired) electrons. The van der Waals surface area contributed by atoms with E-state index < -0.39 is 6.04 Å². The Labute approximate surface area is 142 Å². The zero-order chi connectivity index (χ0) is 17.9. The summed E-state index contributed by atoms with van der Waals surface area (Å²) in [6, 6.07) is 5.82. The maximum atomic E-state index is 12.5. The lowest BCUT2D eigenvalue weighted by atomic mass is 10.0. The van der Waals surface area contributed by atoms with Crippen molar-refractivity contribution >= 4 is 11.8 Å². The first-order valence-electron chi connectivity index (χ1n) is 8.24. The van der Waals surface area contributed by atoms with Gasteiger partial charge in [-0.25, -0.2) is 0 Å². The van der Waals surface area contributed by atoms with Gasteiger partial charge in [0.25, 0.3) is 0 Å². The van der Waals surface area contributed by atoms with E-state index in [1.807, 2.05) is 6.92 Å². The van der Waals surface area contributed by atoms with Crippen LogP contribution in [-0.2, 0) is 16.0 Å². The zero-order valence-corrected chi connectivity index (χ0v) is 14.1. The Hall–Kier alpha value is -2.12. The van der Waals surface area contributed by atoms with E-state index in [9.17, 15) is 14.7 Å². The highest BCUT2D eigenvalue weighted by atomic mass is 16.3. The largest absolute Gasteiger partial charge is 0.508 e. The van der Waals surface area contributed by atoms with Crippen molar-refractivity contribution in [2.45, 2.75) is 44.7 Å². The van der Waals surface area contributed by atoms with Crippen LogP contribution in [0.4, 0.5) is 0 Å². The predicted octanol–water partition coefficient (Wildman–Crippen LogP) is 0.0119. The zero-order valence-electron chi connectivity index (χ0n) is 14.1. The lowest BCUT2D eigenvalue weighted by Crippen LogP contribution is -2.51. The molecule has 24 heavy (non-hydrogen) atoms. The Bertz CT molecular complexity index is 519. The molecular weight excluding hydrogens is 308 g/mol. The van der Waals surface area contributed by atoms with Gasteiger partial charge in [0.15, 0.2) is 0 Å². The first-order valence-corrected chi connectivity index (χ1v) is 8.24. The molecule has 1 rings (SSSR count). The van der Waals surface area contributed by atoms with Crippen LogP contribution < -0.4 is 22.1 Å². The van der Waals surface area contributed by atoms with Crippen LogP contribution in [0.3, 0.4) is 0 Å². The molecule has 134 valence electrons. The number of hydrogen-bond donors (Lipinski definition) is 5. The number of hydrogen-bond acceptors (Lipinski definition) is 5. The van der Waals surface area contributed by atoms with Gasteiger partial charge in [0, 0.05) is 12.5 Å². The van der Waals surface area contributed by atoms with Crippen LogP contribution in [0.15, 0.2) is 24.3 Å². The lowest BCUT2D eigenvalue weighted by molar-refractivity contribution is -0.128. The van der Waals surface area contributed by atoms with Crippen LogP contribution in [-0.4, -0.2) is 42.1 Å². The fraction of sp³-hybridized carbons (Fsp3) is 0.529. The molecule has 0 fully saturated rings. The fourth-order valence-electron chi connectivity index (χ4n) is 2.34. The number of nitrogens with one attached hydrogen (secondary N) is 2. The van der Waals surface area contributed by atoms with Crippen molar-refractivity contribution in [3.63, 3.8) is 0 Å². The molecule has 0 aliphatic carbocycles. The Kier molecular flexibility index (Phi) is 8.81. The summed E-state index contributed by atoms with van der Waals surface area (Å²) in [6.07, 6.45) is 3.02. The van der Waals surface area contributed by atoms with E-state index in [-0.39, 0.29) is 30.2 Å². The predicted molar refractivity (Wildman–Crippen MR) is 93.3 cm³/mol. The average Bonchev–Trinajstić information content (AvgIpc) is 2.56. The van der Waals surface area contributed by atoms with Crippen molar-refractivity contribution in [2.24, 2.45) is 11.5 Å². The normalized spacial score (nSPS) is 13.1. The molecule has 1 unspecified atom stereocenters. The number of nitrogens with two attached hydrogens (primary N) is 2. The van der Waals surface area contributed by atoms with Crippen LogP contribution in [0.25, 0.3) is 0 Å². The molecule has 0 aromatic heterocycles. The molecule has 0 saturated carbocycles. The summed E-state index contributed by atoms with van der Waals surface area (Å²) in [4.78, 5) is 24.1. The monoisotopic (exact) mass is 336 g/mol. The summed E-state index contributed by atoms with van der Waals surface area (Å²) in [6.45, 7) is 2.39. The molecular formula is C17H28N4O3. The summed E-state index contributed by atoms with van der Waals surface area (Å²) in [5, 5.41) is 14.9. The van der Waals surface area contributed by atoms with Gasteiger partial charge in [-0.3, -0.25) is 9.59 Å². The fourth-order valence-corrected chi connectivity index (χ4v) is 2.34. The molecule has 0 aliphatic heterocycles. The molecule has 0 heterocycles. The Morgan fingerprint density at radius 1 is 1.12 bits per heavy atom. The molecule has 0 spiro atoms. The van der Waals surface area contributed by atoms with Gasteiger partial charge in [-0.15, -0.1) is 0 Å². The number of phenolic OH excluding ortho intramolecular Hbond substituents is 1. The number of carbonyl (C=O) groups excluding carboxylic acids is 2. The number of benzene rings is 1. The third-order valence-corrected chi connectivity index (χ3v) is 3.69. The standard InChI is InChI=1S/C17H28N4O3/c1-12(4-2-3-9-18)20-17(24)15(21-16(23)11-19)10-13-5-7-14(22)8-6-13/h5-8,12,15,22H,2-4,9-11,18-19H2,1H3,(H,20,24)(H,21,23)/t12?,15-/m0/s1. The van der Waals surface area contributed by atoms with E-state index in [2.05, 4.69) is 10.6 Å². The van der Waals surface area contributed by atoms with Crippen molar-refractivity contribution in [1.82, 2.24) is 10.6 Å². The van der Waals surface area contributed by atoms with Crippen LogP contribution >= 0.6 is 0 Å². The minimum Gasteiger partial charge on any atom is -0.508 e. The second-order valence-corrected chi connectivity index (χ2v) is 5.89. The van der Waals surface area contributed by atoms with Crippen LogP contribution in [0, 0.1) is 0 Å². The van der Waals surface area contributed by atoms with Gasteiger partial charge in [0.05, 0.1) is 6.54 Å². The van der Waals surface area contributed by atoms with E-state index >= 15 is 0 Å². The summed E-state index contributed by atoms with van der Waals surface area (Å²) in [7, 11) is 0. The molecule has 0 bridgehead atoms. The van der Waals surface area contributed by atoms with E-state index in [0.29, 0.717) is 13.0 Å².